The standard InChI is InChI=1S/C13H12N2O5S/c1-20-7-10-12(13(16)17)21-11(14-10)6-8-2-4-9(5-3-8)15(18)19/h2-5H,6-7H2,1H3,(H,16,17). The van der Waals surface area contributed by atoms with E-state index in [1.165, 1.54) is 19.2 Å². The predicted molar refractivity (Wildman–Crippen MR) is 75.7 cm³/mol. The molecule has 1 aromatic carbocycles. The molecule has 1 N–H and O–H groups in total. The van der Waals surface area contributed by atoms with Crippen molar-refractivity contribution in [2.75, 3.05) is 7.11 Å². The van der Waals surface area contributed by atoms with Gasteiger partial charge in [-0.1, -0.05) is 12.1 Å². The third-order valence-corrected chi connectivity index (χ3v) is 3.81. The van der Waals surface area contributed by atoms with Crippen LogP contribution in [0.15, 0.2) is 24.3 Å². The molecule has 0 fully saturated rings. The molecule has 7 nitrogen and oxygen atoms in total. The molecule has 0 amide bonds. The van der Waals surface area contributed by atoms with Gasteiger partial charge in [0.05, 0.1) is 22.2 Å². The molecule has 0 atom stereocenters. The van der Waals surface area contributed by atoms with Gasteiger partial charge in [0.25, 0.3) is 5.69 Å². The van der Waals surface area contributed by atoms with Gasteiger partial charge in [-0.3, -0.25) is 10.1 Å². The summed E-state index contributed by atoms with van der Waals surface area (Å²) in [6.07, 6.45) is 0.423. The van der Waals surface area contributed by atoms with Crippen molar-refractivity contribution in [3.63, 3.8) is 0 Å². The van der Waals surface area contributed by atoms with Crippen LogP contribution >= 0.6 is 11.3 Å². The Morgan fingerprint density at radius 3 is 2.62 bits per heavy atom. The molecule has 1 aromatic heterocycles. The van der Waals surface area contributed by atoms with Gasteiger partial charge in [-0.05, 0) is 5.56 Å². The first-order valence-electron chi connectivity index (χ1n) is 5.95. The van der Waals surface area contributed by atoms with Crippen LogP contribution in [0, 0.1) is 10.1 Å². The molecule has 21 heavy (non-hydrogen) atoms. The van der Waals surface area contributed by atoms with Crippen LogP contribution in [0.5, 0.6) is 0 Å². The Morgan fingerprint density at radius 2 is 2.10 bits per heavy atom. The van der Waals surface area contributed by atoms with Crippen molar-refractivity contribution in [2.45, 2.75) is 13.0 Å². The highest BCUT2D eigenvalue weighted by molar-refractivity contribution is 7.13. The molecular formula is C13H12N2O5S. The number of thiazole rings is 1. The van der Waals surface area contributed by atoms with Crippen molar-refractivity contribution < 1.29 is 19.6 Å². The third kappa shape index (κ3) is 3.61. The lowest BCUT2D eigenvalue weighted by Crippen LogP contribution is -1.99. The van der Waals surface area contributed by atoms with E-state index in [9.17, 15) is 14.9 Å². The smallest absolute Gasteiger partial charge is 0.347 e. The minimum Gasteiger partial charge on any atom is -0.477 e. The number of hydrogen-bond acceptors (Lipinski definition) is 6. The number of carbonyl (C=O) groups is 1. The minimum atomic E-state index is -1.03. The highest BCUT2D eigenvalue weighted by atomic mass is 32.1. The number of ether oxygens (including phenoxy) is 1. The maximum atomic E-state index is 11.1. The van der Waals surface area contributed by atoms with Crippen molar-refractivity contribution in [1.29, 1.82) is 0 Å². The molecule has 0 unspecified atom stereocenters. The average Bonchev–Trinajstić information content (AvgIpc) is 2.83. The van der Waals surface area contributed by atoms with Gasteiger partial charge in [-0.2, -0.15) is 0 Å². The molecule has 0 aliphatic rings. The first kappa shape index (κ1) is 15.1. The molecule has 0 bridgehead atoms. The van der Waals surface area contributed by atoms with E-state index in [1.54, 1.807) is 12.1 Å². The van der Waals surface area contributed by atoms with Gasteiger partial charge in [-0.25, -0.2) is 9.78 Å². The van der Waals surface area contributed by atoms with Gasteiger partial charge in [0.1, 0.15) is 4.88 Å². The second-order valence-corrected chi connectivity index (χ2v) is 5.31. The van der Waals surface area contributed by atoms with Crippen LogP contribution in [0.4, 0.5) is 5.69 Å². The molecule has 2 aromatic rings. The van der Waals surface area contributed by atoms with E-state index in [2.05, 4.69) is 4.98 Å². The summed E-state index contributed by atoms with van der Waals surface area (Å²) in [6.45, 7) is 0.137. The zero-order valence-corrected chi connectivity index (χ0v) is 11.9. The van der Waals surface area contributed by atoms with Gasteiger partial charge < -0.3 is 9.84 Å². The zero-order valence-electron chi connectivity index (χ0n) is 11.1. The Labute approximate surface area is 124 Å². The topological polar surface area (TPSA) is 103 Å². The molecule has 0 aliphatic heterocycles. The van der Waals surface area contributed by atoms with Gasteiger partial charge >= 0.3 is 5.97 Å². The van der Waals surface area contributed by atoms with E-state index in [-0.39, 0.29) is 17.2 Å². The number of non-ortho nitro benzene ring substituents is 1. The Hall–Kier alpha value is -2.32. The first-order chi connectivity index (χ1) is 10.0. The molecule has 0 saturated heterocycles. The van der Waals surface area contributed by atoms with Crippen molar-refractivity contribution in [3.8, 4) is 0 Å². The maximum Gasteiger partial charge on any atom is 0.347 e. The quantitative estimate of drug-likeness (QED) is 0.649. The molecule has 0 radical (unpaired) electrons. The normalized spacial score (nSPS) is 10.5. The molecule has 1 heterocycles. The van der Waals surface area contributed by atoms with Crippen molar-refractivity contribution in [1.82, 2.24) is 4.98 Å². The summed E-state index contributed by atoms with van der Waals surface area (Å²) in [4.78, 5) is 25.7. The van der Waals surface area contributed by atoms with E-state index in [1.807, 2.05) is 0 Å². The van der Waals surface area contributed by atoms with E-state index in [0.29, 0.717) is 17.1 Å². The maximum absolute atomic E-state index is 11.1. The van der Waals surface area contributed by atoms with Crippen LogP contribution in [0.25, 0.3) is 0 Å². The van der Waals surface area contributed by atoms with Gasteiger partial charge in [0.15, 0.2) is 0 Å². The molecule has 110 valence electrons. The summed E-state index contributed by atoms with van der Waals surface area (Å²) in [5.74, 6) is -1.03. The number of carboxylic acid groups (broad SMARTS) is 1. The summed E-state index contributed by atoms with van der Waals surface area (Å²) < 4.78 is 4.93. The van der Waals surface area contributed by atoms with Crippen molar-refractivity contribution in [3.05, 3.63) is 55.5 Å². The molecule has 0 aliphatic carbocycles. The molecule has 0 spiro atoms. The molecular weight excluding hydrogens is 296 g/mol. The highest BCUT2D eigenvalue weighted by Gasteiger charge is 2.17. The Morgan fingerprint density at radius 1 is 1.43 bits per heavy atom. The summed E-state index contributed by atoms with van der Waals surface area (Å²) in [6, 6.07) is 6.10. The summed E-state index contributed by atoms with van der Waals surface area (Å²) in [7, 11) is 1.47. The van der Waals surface area contributed by atoms with Gasteiger partial charge in [0.2, 0.25) is 0 Å². The number of nitrogens with zero attached hydrogens (tertiary/aromatic N) is 2. The highest BCUT2D eigenvalue weighted by Crippen LogP contribution is 2.23. The number of rotatable bonds is 6. The van der Waals surface area contributed by atoms with Crippen LogP contribution in [0.2, 0.25) is 0 Å². The Kier molecular flexibility index (Phi) is 4.61. The second kappa shape index (κ2) is 6.42. The third-order valence-electron chi connectivity index (χ3n) is 2.72. The van der Waals surface area contributed by atoms with Crippen LogP contribution in [-0.4, -0.2) is 28.1 Å². The van der Waals surface area contributed by atoms with Crippen LogP contribution < -0.4 is 0 Å². The number of hydrogen-bond donors (Lipinski definition) is 1. The number of aromatic carboxylic acids is 1. The van der Waals surface area contributed by atoms with Crippen LogP contribution in [0.1, 0.15) is 25.9 Å². The van der Waals surface area contributed by atoms with Crippen LogP contribution in [-0.2, 0) is 17.8 Å². The fraction of sp³-hybridized carbons (Fsp3) is 0.231. The number of methoxy groups -OCH3 is 1. The summed E-state index contributed by atoms with van der Waals surface area (Å²) in [5, 5.41) is 20.3. The lowest BCUT2D eigenvalue weighted by molar-refractivity contribution is -0.384. The number of aromatic nitrogens is 1. The number of benzene rings is 1. The molecule has 0 saturated carbocycles. The van der Waals surface area contributed by atoms with E-state index < -0.39 is 10.9 Å². The van der Waals surface area contributed by atoms with Crippen molar-refractivity contribution >= 4 is 23.0 Å². The Bertz CT molecular complexity index is 666. The number of carboxylic acids is 1. The van der Waals surface area contributed by atoms with Gasteiger partial charge in [0, 0.05) is 25.7 Å². The average molecular weight is 308 g/mol. The minimum absolute atomic E-state index is 0.0178. The fourth-order valence-corrected chi connectivity index (χ4v) is 2.73. The summed E-state index contributed by atoms with van der Waals surface area (Å²) >= 11 is 1.09. The predicted octanol–water partition coefficient (Wildman–Crippen LogP) is 2.49. The van der Waals surface area contributed by atoms with E-state index >= 15 is 0 Å². The second-order valence-electron chi connectivity index (χ2n) is 4.22. The largest absolute Gasteiger partial charge is 0.477 e. The van der Waals surface area contributed by atoms with E-state index in [4.69, 9.17) is 9.84 Å². The lowest BCUT2D eigenvalue weighted by Gasteiger charge is -1.97. The van der Waals surface area contributed by atoms with E-state index in [0.717, 1.165) is 16.9 Å². The zero-order chi connectivity index (χ0) is 15.4. The number of nitro groups is 1. The lowest BCUT2D eigenvalue weighted by atomic mass is 10.1. The van der Waals surface area contributed by atoms with Gasteiger partial charge in [-0.15, -0.1) is 11.3 Å². The van der Waals surface area contributed by atoms with Crippen molar-refractivity contribution in [2.24, 2.45) is 0 Å². The molecule has 8 heteroatoms. The van der Waals surface area contributed by atoms with Crippen LogP contribution in [0.3, 0.4) is 0 Å². The SMILES string of the molecule is COCc1nc(Cc2ccc([N+](=O)[O-])cc2)sc1C(=O)O. The first-order valence-corrected chi connectivity index (χ1v) is 6.77. The monoisotopic (exact) mass is 308 g/mol. The Balaban J connectivity index is 2.21. The number of nitro benzene ring substituents is 1. The summed E-state index contributed by atoms with van der Waals surface area (Å²) in [5.41, 5.74) is 1.24. The molecule has 2 rings (SSSR count). The fourth-order valence-electron chi connectivity index (χ4n) is 1.79.